The molecule has 16 rings (SSSR count). The van der Waals surface area contributed by atoms with Crippen LogP contribution in [0.5, 0.6) is 0 Å². The molecule has 0 atom stereocenters. The van der Waals surface area contributed by atoms with Gasteiger partial charge in [0.2, 0.25) is 0 Å². The lowest BCUT2D eigenvalue weighted by molar-refractivity contribution is 0.669. The van der Waals surface area contributed by atoms with Crippen LogP contribution >= 0.6 is 0 Å². The van der Waals surface area contributed by atoms with Crippen LogP contribution in [0.4, 0.5) is 0 Å². The minimum absolute atomic E-state index is 0.355. The van der Waals surface area contributed by atoms with E-state index in [0.717, 1.165) is 128 Å². The molecular weight excluding hydrogens is 953 g/mol. The molecule has 0 saturated carbocycles. The van der Waals surface area contributed by atoms with Crippen LogP contribution in [0.2, 0.25) is 0 Å². The quantitative estimate of drug-likeness (QED) is 0.160. The zero-order valence-corrected chi connectivity index (χ0v) is 42.4. The lowest BCUT2D eigenvalue weighted by atomic mass is 9.95. The van der Waals surface area contributed by atoms with Crippen molar-refractivity contribution in [1.82, 2.24) is 18.3 Å². The lowest BCUT2D eigenvalue weighted by Crippen LogP contribution is -2.17. The van der Waals surface area contributed by atoms with Gasteiger partial charge >= 0.3 is 0 Å². The van der Waals surface area contributed by atoms with Crippen LogP contribution < -0.4 is 0 Å². The standard InChI is InChI=1S/C71H44N6O/c1-2-19-43-20-3-4-21-45(43)44-36-38-63-54(40-44)52-37-39-65-66(53-28-11-18-35-64(53)78-65)68(52)77(63)71-69(75-59-31-14-7-24-48(59)49-25-8-15-32-60(49)75)55(41-72)67(74-57-29-12-5-22-46(57)47-23-6-13-30-58(47)74)56(42-73)70(71)76-61-33-16-9-26-50(61)51-27-10-17-34-62(51)76/h3-18,20-40H,2,19H2,1H3. The van der Waals surface area contributed by atoms with E-state index in [2.05, 4.69) is 238 Å². The third-order valence-electron chi connectivity index (χ3n) is 16.4. The number of rotatable bonds is 7. The van der Waals surface area contributed by atoms with E-state index < -0.39 is 0 Å². The number of fused-ring (bicyclic) bond motifs is 16. The van der Waals surface area contributed by atoms with Gasteiger partial charge in [-0.3, -0.25) is 0 Å². The van der Waals surface area contributed by atoms with Crippen LogP contribution in [0.25, 0.3) is 143 Å². The first-order valence-electron chi connectivity index (χ1n) is 26.6. The minimum atomic E-state index is 0.355. The summed E-state index contributed by atoms with van der Waals surface area (Å²) in [5, 5.41) is 35.4. The van der Waals surface area contributed by atoms with Crippen LogP contribution in [-0.4, -0.2) is 18.3 Å². The third-order valence-corrected chi connectivity index (χ3v) is 16.4. The van der Waals surface area contributed by atoms with Crippen molar-refractivity contribution < 1.29 is 4.42 Å². The van der Waals surface area contributed by atoms with Crippen molar-refractivity contribution in [2.24, 2.45) is 0 Å². The smallest absolute Gasteiger partial charge is 0.137 e. The molecule has 11 aromatic carbocycles. The van der Waals surface area contributed by atoms with E-state index in [1.807, 2.05) is 24.3 Å². The van der Waals surface area contributed by atoms with E-state index >= 15 is 0 Å². The number of nitriles is 2. The Bertz CT molecular complexity index is 5020. The summed E-state index contributed by atoms with van der Waals surface area (Å²) in [6, 6.07) is 84.6. The summed E-state index contributed by atoms with van der Waals surface area (Å²) >= 11 is 0. The fourth-order valence-electron chi connectivity index (χ4n) is 13.3. The number of aromatic nitrogens is 4. The van der Waals surface area contributed by atoms with Crippen molar-refractivity contribution >= 4 is 109 Å². The summed E-state index contributed by atoms with van der Waals surface area (Å²) in [5.74, 6) is 0. The zero-order valence-electron chi connectivity index (χ0n) is 42.4. The average Bonchev–Trinajstić information content (AvgIpc) is 4.48. The van der Waals surface area contributed by atoms with Crippen LogP contribution in [0.1, 0.15) is 30.0 Å². The van der Waals surface area contributed by atoms with Gasteiger partial charge in [0.15, 0.2) is 0 Å². The van der Waals surface area contributed by atoms with E-state index in [9.17, 15) is 10.5 Å². The molecule has 0 aliphatic heterocycles. The van der Waals surface area contributed by atoms with Crippen molar-refractivity contribution in [2.45, 2.75) is 19.8 Å². The molecule has 0 unspecified atom stereocenters. The molecule has 5 heterocycles. The summed E-state index contributed by atoms with van der Waals surface area (Å²) in [7, 11) is 0. The Kier molecular flexibility index (Phi) is 9.37. The Morgan fingerprint density at radius 3 is 1.27 bits per heavy atom. The van der Waals surface area contributed by atoms with Crippen molar-refractivity contribution in [3.05, 3.63) is 241 Å². The van der Waals surface area contributed by atoms with Gasteiger partial charge in [-0.25, -0.2) is 0 Å². The van der Waals surface area contributed by atoms with Gasteiger partial charge in [0, 0.05) is 48.5 Å². The predicted octanol–water partition coefficient (Wildman–Crippen LogP) is 18.3. The molecular formula is C71H44N6O. The highest BCUT2D eigenvalue weighted by Crippen LogP contribution is 2.51. The molecule has 0 bridgehead atoms. The summed E-state index contributed by atoms with van der Waals surface area (Å²) < 4.78 is 16.0. The van der Waals surface area contributed by atoms with Crippen molar-refractivity contribution in [1.29, 1.82) is 10.5 Å². The van der Waals surface area contributed by atoms with Crippen LogP contribution in [0, 0.1) is 22.7 Å². The number of aryl methyl sites for hydroxylation is 1. The van der Waals surface area contributed by atoms with Crippen molar-refractivity contribution in [2.75, 3.05) is 0 Å². The number of para-hydroxylation sites is 7. The molecule has 0 radical (unpaired) electrons. The van der Waals surface area contributed by atoms with Crippen LogP contribution in [0.15, 0.2) is 229 Å². The maximum absolute atomic E-state index is 12.6. The molecule has 5 aromatic heterocycles. The van der Waals surface area contributed by atoms with Gasteiger partial charge in [0.05, 0.1) is 72.3 Å². The second-order valence-electron chi connectivity index (χ2n) is 20.4. The van der Waals surface area contributed by atoms with Gasteiger partial charge < -0.3 is 22.7 Å². The maximum Gasteiger partial charge on any atom is 0.137 e. The van der Waals surface area contributed by atoms with Gasteiger partial charge in [0.25, 0.3) is 0 Å². The largest absolute Gasteiger partial charge is 0.456 e. The van der Waals surface area contributed by atoms with E-state index in [1.165, 1.54) is 11.1 Å². The molecule has 0 spiro atoms. The molecule has 7 heteroatoms. The number of hydrogen-bond acceptors (Lipinski definition) is 3. The van der Waals surface area contributed by atoms with Gasteiger partial charge in [-0.2, -0.15) is 10.5 Å². The molecule has 0 amide bonds. The van der Waals surface area contributed by atoms with Crippen molar-refractivity contribution in [3.63, 3.8) is 0 Å². The highest BCUT2D eigenvalue weighted by molar-refractivity contribution is 6.26. The first kappa shape index (κ1) is 43.8. The van der Waals surface area contributed by atoms with E-state index in [4.69, 9.17) is 4.42 Å². The lowest BCUT2D eigenvalue weighted by Gasteiger charge is -2.27. The molecule has 0 N–H and O–H groups in total. The fraction of sp³-hybridized carbons (Fsp3) is 0.0423. The Labute approximate surface area is 447 Å². The third kappa shape index (κ3) is 5.90. The predicted molar refractivity (Wildman–Crippen MR) is 320 cm³/mol. The molecule has 364 valence electrons. The molecule has 0 aliphatic carbocycles. The average molecular weight is 997 g/mol. The van der Waals surface area contributed by atoms with Crippen LogP contribution in [-0.2, 0) is 6.42 Å². The number of furan rings is 1. The number of nitrogens with zero attached hydrogens (tertiary/aromatic N) is 6. The molecule has 0 saturated heterocycles. The van der Waals surface area contributed by atoms with Gasteiger partial charge in [0.1, 0.15) is 34.4 Å². The second kappa shape index (κ2) is 16.7. The second-order valence-corrected chi connectivity index (χ2v) is 20.4. The molecule has 0 aliphatic rings. The Hall–Kier alpha value is -10.6. The Balaban J connectivity index is 1.23. The Morgan fingerprint density at radius 2 is 0.782 bits per heavy atom. The molecule has 78 heavy (non-hydrogen) atoms. The minimum Gasteiger partial charge on any atom is -0.456 e. The van der Waals surface area contributed by atoms with Crippen LogP contribution in [0.3, 0.4) is 0 Å². The normalized spacial score (nSPS) is 12.0. The van der Waals surface area contributed by atoms with Gasteiger partial charge in [-0.1, -0.05) is 171 Å². The number of hydrogen-bond donors (Lipinski definition) is 0. The zero-order chi connectivity index (χ0) is 51.8. The van der Waals surface area contributed by atoms with E-state index in [-0.39, 0.29) is 0 Å². The van der Waals surface area contributed by atoms with E-state index in [1.54, 1.807) is 0 Å². The summed E-state index contributed by atoms with van der Waals surface area (Å²) in [6.07, 6.45) is 1.97. The molecule has 16 aromatic rings. The summed E-state index contributed by atoms with van der Waals surface area (Å²) in [5.41, 5.74) is 15.6. The first-order chi connectivity index (χ1) is 38.6. The highest BCUT2D eigenvalue weighted by Gasteiger charge is 2.35. The summed E-state index contributed by atoms with van der Waals surface area (Å²) in [4.78, 5) is 0. The molecule has 7 nitrogen and oxygen atoms in total. The fourth-order valence-corrected chi connectivity index (χ4v) is 13.3. The highest BCUT2D eigenvalue weighted by atomic mass is 16.3. The van der Waals surface area contributed by atoms with Crippen molar-refractivity contribution in [3.8, 4) is 46.0 Å². The Morgan fingerprint density at radius 1 is 0.359 bits per heavy atom. The SMILES string of the molecule is CCCc1ccccc1-c1ccc2c(c1)c1ccc3oc4ccccc4c3c1n2-c1c(-n2c3ccccc3c3ccccc32)c(C#N)c(-n2c3ccccc3c3ccccc32)c(C#N)c1-n1c2ccccc2c2ccccc21. The monoisotopic (exact) mass is 996 g/mol. The van der Waals surface area contributed by atoms with Gasteiger partial charge in [-0.15, -0.1) is 0 Å². The molecule has 0 fully saturated rings. The summed E-state index contributed by atoms with van der Waals surface area (Å²) in [6.45, 7) is 2.23. The maximum atomic E-state index is 12.6. The number of benzene rings is 11. The van der Waals surface area contributed by atoms with E-state index in [0.29, 0.717) is 33.9 Å². The topological polar surface area (TPSA) is 80.4 Å². The van der Waals surface area contributed by atoms with Gasteiger partial charge in [-0.05, 0) is 89.8 Å². The first-order valence-corrected chi connectivity index (χ1v) is 26.6.